The molecule has 3 heteroatoms. The van der Waals surface area contributed by atoms with Gasteiger partial charge >= 0.3 is 0 Å². The molecular weight excluding hydrogens is 254 g/mol. The minimum absolute atomic E-state index is 0.0834. The lowest BCUT2D eigenvalue weighted by Crippen LogP contribution is -2.38. The Labute approximate surface area is 121 Å². The van der Waals surface area contributed by atoms with Gasteiger partial charge in [-0.2, -0.15) is 0 Å². The second-order valence-corrected chi connectivity index (χ2v) is 7.27. The Morgan fingerprint density at radius 3 is 2.79 bits per heavy atom. The zero-order chi connectivity index (χ0) is 13.9. The molecule has 2 nitrogen and oxygen atoms in total. The second-order valence-electron chi connectivity index (χ2n) is 6.10. The van der Waals surface area contributed by atoms with Gasteiger partial charge < -0.3 is 10.1 Å². The zero-order valence-electron chi connectivity index (χ0n) is 12.7. The van der Waals surface area contributed by atoms with Gasteiger partial charge in [0.15, 0.2) is 0 Å². The fourth-order valence-corrected chi connectivity index (χ4v) is 3.95. The molecule has 1 aromatic heterocycles. The number of hydrogen-bond donors (Lipinski definition) is 1. The summed E-state index contributed by atoms with van der Waals surface area (Å²) in [6.07, 6.45) is 5.30. The summed E-state index contributed by atoms with van der Waals surface area (Å²) < 4.78 is 5.74. The summed E-state index contributed by atoms with van der Waals surface area (Å²) in [4.78, 5) is 3.11. The highest BCUT2D eigenvalue weighted by Gasteiger charge is 2.21. The fourth-order valence-electron chi connectivity index (χ4n) is 2.67. The normalized spacial score (nSPS) is 17.3. The zero-order valence-corrected chi connectivity index (χ0v) is 13.5. The van der Waals surface area contributed by atoms with Gasteiger partial charge in [-0.15, -0.1) is 11.3 Å². The number of rotatable bonds is 6. The van der Waals surface area contributed by atoms with E-state index in [1.807, 2.05) is 11.3 Å². The third-order valence-electron chi connectivity index (χ3n) is 3.81. The maximum atomic E-state index is 5.74. The lowest BCUT2D eigenvalue weighted by molar-refractivity contribution is -0.0102. The summed E-state index contributed by atoms with van der Waals surface area (Å²) in [6, 6.07) is 2.85. The first-order chi connectivity index (χ1) is 9.02. The van der Waals surface area contributed by atoms with Crippen molar-refractivity contribution in [1.82, 2.24) is 5.32 Å². The molecule has 0 fully saturated rings. The minimum atomic E-state index is -0.0834. The molecule has 1 aliphatic rings. The fraction of sp³-hybridized carbons (Fsp3) is 0.750. The Morgan fingerprint density at radius 1 is 1.37 bits per heavy atom. The van der Waals surface area contributed by atoms with Gasteiger partial charge in [0.2, 0.25) is 0 Å². The molecule has 0 amide bonds. The lowest BCUT2D eigenvalue weighted by atomic mass is 9.99. The number of fused-ring (bicyclic) bond motifs is 1. The van der Waals surface area contributed by atoms with Gasteiger partial charge in [-0.1, -0.05) is 0 Å². The van der Waals surface area contributed by atoms with Crippen LogP contribution in [0.3, 0.4) is 0 Å². The first kappa shape index (κ1) is 15.0. The highest BCUT2D eigenvalue weighted by atomic mass is 32.1. The van der Waals surface area contributed by atoms with E-state index in [2.05, 4.69) is 39.1 Å². The van der Waals surface area contributed by atoms with Crippen LogP contribution in [-0.2, 0) is 17.6 Å². The van der Waals surface area contributed by atoms with E-state index in [1.54, 1.807) is 10.4 Å². The van der Waals surface area contributed by atoms with E-state index in [0.717, 1.165) is 13.2 Å². The van der Waals surface area contributed by atoms with Crippen LogP contribution in [0, 0.1) is 0 Å². The van der Waals surface area contributed by atoms with Gasteiger partial charge in [-0.3, -0.25) is 0 Å². The maximum absolute atomic E-state index is 5.74. The molecule has 0 radical (unpaired) electrons. The molecule has 0 aliphatic heterocycles. The third kappa shape index (κ3) is 4.04. The quantitative estimate of drug-likeness (QED) is 0.848. The minimum Gasteiger partial charge on any atom is -0.375 e. The van der Waals surface area contributed by atoms with Crippen LogP contribution in [0.4, 0.5) is 0 Å². The monoisotopic (exact) mass is 281 g/mol. The van der Waals surface area contributed by atoms with E-state index < -0.39 is 0 Å². The van der Waals surface area contributed by atoms with Crippen molar-refractivity contribution in [3.63, 3.8) is 0 Å². The van der Waals surface area contributed by atoms with Gasteiger partial charge in [-0.25, -0.2) is 0 Å². The smallest absolute Gasteiger partial charge is 0.0750 e. The van der Waals surface area contributed by atoms with Gasteiger partial charge in [0.25, 0.3) is 0 Å². The van der Waals surface area contributed by atoms with Gasteiger partial charge in [-0.05, 0) is 65.0 Å². The van der Waals surface area contributed by atoms with Crippen LogP contribution in [0.5, 0.6) is 0 Å². The van der Waals surface area contributed by atoms with Crippen molar-refractivity contribution in [3.8, 4) is 0 Å². The molecule has 1 aliphatic carbocycles. The largest absolute Gasteiger partial charge is 0.375 e. The van der Waals surface area contributed by atoms with Crippen LogP contribution in [0.2, 0.25) is 0 Å². The van der Waals surface area contributed by atoms with Crippen LogP contribution in [0.1, 0.15) is 61.9 Å². The molecule has 19 heavy (non-hydrogen) atoms. The number of thiophene rings is 1. The standard InChI is InChI=1S/C16H27NOS/c1-5-18-16(3,4)11-17-12(2)15-10-13-8-6-7-9-14(13)19-15/h10,12,17H,5-9,11H2,1-4H3. The summed E-state index contributed by atoms with van der Waals surface area (Å²) in [5.74, 6) is 0. The molecule has 1 heterocycles. The Hall–Kier alpha value is -0.380. The van der Waals surface area contributed by atoms with Gasteiger partial charge in [0.1, 0.15) is 0 Å². The van der Waals surface area contributed by atoms with Crippen molar-refractivity contribution in [2.75, 3.05) is 13.2 Å². The van der Waals surface area contributed by atoms with E-state index in [1.165, 1.54) is 30.6 Å². The van der Waals surface area contributed by atoms with E-state index in [4.69, 9.17) is 4.74 Å². The van der Waals surface area contributed by atoms with E-state index in [-0.39, 0.29) is 5.60 Å². The number of hydrogen-bond acceptors (Lipinski definition) is 3. The predicted octanol–water partition coefficient (Wildman–Crippen LogP) is 4.09. The van der Waals surface area contributed by atoms with Crippen LogP contribution in [0.25, 0.3) is 0 Å². The molecule has 2 rings (SSSR count). The van der Waals surface area contributed by atoms with Crippen LogP contribution < -0.4 is 5.32 Å². The summed E-state index contributed by atoms with van der Waals surface area (Å²) in [6.45, 7) is 10.3. The molecule has 0 aromatic carbocycles. The average Bonchev–Trinajstić information content (AvgIpc) is 2.79. The highest BCUT2D eigenvalue weighted by molar-refractivity contribution is 7.12. The molecule has 1 atom stereocenters. The highest BCUT2D eigenvalue weighted by Crippen LogP contribution is 2.32. The molecular formula is C16H27NOS. The molecule has 108 valence electrons. The molecule has 0 spiro atoms. The Kier molecular flexibility index (Phi) is 5.04. The second kappa shape index (κ2) is 6.38. The first-order valence-electron chi connectivity index (χ1n) is 7.50. The molecule has 1 aromatic rings. The van der Waals surface area contributed by atoms with E-state index >= 15 is 0 Å². The van der Waals surface area contributed by atoms with Crippen molar-refractivity contribution < 1.29 is 4.74 Å². The maximum Gasteiger partial charge on any atom is 0.0750 e. The van der Waals surface area contributed by atoms with Gasteiger partial charge in [0.05, 0.1) is 5.60 Å². The van der Waals surface area contributed by atoms with Crippen LogP contribution >= 0.6 is 11.3 Å². The summed E-state index contributed by atoms with van der Waals surface area (Å²) in [5.41, 5.74) is 1.52. The van der Waals surface area contributed by atoms with E-state index in [9.17, 15) is 0 Å². The van der Waals surface area contributed by atoms with Gasteiger partial charge in [0, 0.05) is 28.9 Å². The molecule has 0 saturated carbocycles. The van der Waals surface area contributed by atoms with Crippen molar-refractivity contribution >= 4 is 11.3 Å². The van der Waals surface area contributed by atoms with Crippen molar-refractivity contribution in [2.45, 2.75) is 65.0 Å². The van der Waals surface area contributed by atoms with Crippen LogP contribution in [-0.4, -0.2) is 18.8 Å². The topological polar surface area (TPSA) is 21.3 Å². The predicted molar refractivity (Wildman–Crippen MR) is 83.1 cm³/mol. The molecule has 0 saturated heterocycles. The Bertz CT molecular complexity index is 387. The van der Waals surface area contributed by atoms with Crippen molar-refractivity contribution in [3.05, 3.63) is 21.4 Å². The number of aryl methyl sites for hydroxylation is 2. The van der Waals surface area contributed by atoms with Crippen LogP contribution in [0.15, 0.2) is 6.07 Å². The summed E-state index contributed by atoms with van der Waals surface area (Å²) in [5, 5.41) is 3.62. The summed E-state index contributed by atoms with van der Waals surface area (Å²) >= 11 is 2.00. The first-order valence-corrected chi connectivity index (χ1v) is 8.32. The van der Waals surface area contributed by atoms with Crippen molar-refractivity contribution in [1.29, 1.82) is 0 Å². The molecule has 1 N–H and O–H groups in total. The summed E-state index contributed by atoms with van der Waals surface area (Å²) in [7, 11) is 0. The van der Waals surface area contributed by atoms with Crippen molar-refractivity contribution in [2.24, 2.45) is 0 Å². The molecule has 1 unspecified atom stereocenters. The Balaban J connectivity index is 1.92. The SMILES string of the molecule is CCOC(C)(C)CNC(C)c1cc2c(s1)CCCC2. The molecule has 0 bridgehead atoms. The number of ether oxygens (including phenoxy) is 1. The average molecular weight is 281 g/mol. The van der Waals surface area contributed by atoms with E-state index in [0.29, 0.717) is 6.04 Å². The Morgan fingerprint density at radius 2 is 2.11 bits per heavy atom. The number of nitrogens with one attached hydrogen (secondary N) is 1. The third-order valence-corrected chi connectivity index (χ3v) is 5.23. The lowest BCUT2D eigenvalue weighted by Gasteiger charge is -2.26.